The van der Waals surface area contributed by atoms with E-state index in [-0.39, 0.29) is 0 Å². The summed E-state index contributed by atoms with van der Waals surface area (Å²) in [6.07, 6.45) is 11.5. The lowest BCUT2D eigenvalue weighted by Gasteiger charge is -2.10. The molecule has 1 unspecified atom stereocenters. The average Bonchev–Trinajstić information content (AvgIpc) is 2.66. The first-order chi connectivity index (χ1) is 8.67. The monoisotopic (exact) mass is 276 g/mol. The van der Waals surface area contributed by atoms with Gasteiger partial charge >= 0.3 is 0 Å². The van der Waals surface area contributed by atoms with Crippen molar-refractivity contribution < 1.29 is 13.2 Å². The summed E-state index contributed by atoms with van der Waals surface area (Å²) in [4.78, 5) is 0. The zero-order valence-electron chi connectivity index (χ0n) is 11.7. The van der Waals surface area contributed by atoms with Gasteiger partial charge in [-0.25, -0.2) is 8.42 Å². The van der Waals surface area contributed by atoms with Crippen LogP contribution >= 0.6 is 0 Å². The quantitative estimate of drug-likeness (QED) is 0.572. The van der Waals surface area contributed by atoms with Gasteiger partial charge < -0.3 is 4.74 Å². The summed E-state index contributed by atoms with van der Waals surface area (Å²) in [5, 5.41) is 0. The van der Waals surface area contributed by atoms with E-state index in [2.05, 4.69) is 6.92 Å². The number of sulfone groups is 1. The maximum atomic E-state index is 11.5. The van der Waals surface area contributed by atoms with Gasteiger partial charge in [0.2, 0.25) is 0 Å². The van der Waals surface area contributed by atoms with Gasteiger partial charge in [0.05, 0.1) is 5.75 Å². The largest absolute Gasteiger partial charge is 0.362 e. The van der Waals surface area contributed by atoms with Crippen molar-refractivity contribution in [1.29, 1.82) is 0 Å². The molecule has 0 spiro atoms. The summed E-state index contributed by atoms with van der Waals surface area (Å²) in [6.45, 7) is 2.84. The molecule has 1 heterocycles. The normalized spacial score (nSPS) is 22.4. The van der Waals surface area contributed by atoms with E-state index in [1.54, 1.807) is 0 Å². The topological polar surface area (TPSA) is 43.4 Å². The molecule has 1 fully saturated rings. The van der Waals surface area contributed by atoms with Gasteiger partial charge in [0.15, 0.2) is 15.3 Å². The Morgan fingerprint density at radius 2 is 1.61 bits per heavy atom. The van der Waals surface area contributed by atoms with Gasteiger partial charge in [0.25, 0.3) is 0 Å². The Kier molecular flexibility index (Phi) is 7.91. The van der Waals surface area contributed by atoms with Crippen molar-refractivity contribution in [3.05, 3.63) is 0 Å². The van der Waals surface area contributed by atoms with Crippen LogP contribution in [0.15, 0.2) is 0 Å². The standard InChI is InChI=1S/C14H28O3S/c1-2-3-4-5-6-7-8-9-12-17-14-11-10-13-18(14,15)16/h14H,2-13H2,1H3. The SMILES string of the molecule is CCCCCCCCCCOC1CCCS1(=O)=O. The third kappa shape index (κ3) is 6.19. The second kappa shape index (κ2) is 8.92. The lowest BCUT2D eigenvalue weighted by molar-refractivity contribution is 0.101. The lowest BCUT2D eigenvalue weighted by atomic mass is 10.1. The van der Waals surface area contributed by atoms with Crippen molar-refractivity contribution in [2.45, 2.75) is 76.6 Å². The Bertz CT molecular complexity index is 298. The van der Waals surface area contributed by atoms with Crippen molar-refractivity contribution in [3.63, 3.8) is 0 Å². The van der Waals surface area contributed by atoms with Crippen molar-refractivity contribution in [2.24, 2.45) is 0 Å². The van der Waals surface area contributed by atoms with Crippen LogP contribution in [-0.4, -0.2) is 26.2 Å². The summed E-state index contributed by atoms with van der Waals surface area (Å²) in [5.41, 5.74) is -0.498. The number of hydrogen-bond acceptors (Lipinski definition) is 3. The summed E-state index contributed by atoms with van der Waals surface area (Å²) < 4.78 is 28.5. The van der Waals surface area contributed by atoms with E-state index in [1.165, 1.54) is 44.9 Å². The van der Waals surface area contributed by atoms with Crippen LogP contribution in [0.5, 0.6) is 0 Å². The maximum absolute atomic E-state index is 11.5. The van der Waals surface area contributed by atoms with Crippen molar-refractivity contribution in [1.82, 2.24) is 0 Å². The predicted molar refractivity (Wildman–Crippen MR) is 75.4 cm³/mol. The molecule has 0 saturated carbocycles. The first kappa shape index (κ1) is 16.0. The minimum absolute atomic E-state index is 0.315. The molecule has 0 aromatic carbocycles. The average molecular weight is 276 g/mol. The summed E-state index contributed by atoms with van der Waals surface area (Å²) in [6, 6.07) is 0. The van der Waals surface area contributed by atoms with Crippen molar-refractivity contribution >= 4 is 9.84 Å². The van der Waals surface area contributed by atoms with Gasteiger partial charge in [-0.1, -0.05) is 51.9 Å². The van der Waals surface area contributed by atoms with Crippen LogP contribution in [0.4, 0.5) is 0 Å². The van der Waals surface area contributed by atoms with Crippen molar-refractivity contribution in [3.8, 4) is 0 Å². The lowest BCUT2D eigenvalue weighted by Crippen LogP contribution is -2.20. The van der Waals surface area contributed by atoms with E-state index in [0.29, 0.717) is 18.8 Å². The molecule has 1 rings (SSSR count). The number of unbranched alkanes of at least 4 members (excludes halogenated alkanes) is 7. The van der Waals surface area contributed by atoms with Crippen LogP contribution in [0.2, 0.25) is 0 Å². The van der Waals surface area contributed by atoms with Crippen molar-refractivity contribution in [2.75, 3.05) is 12.4 Å². The second-order valence-corrected chi connectivity index (χ2v) is 7.54. The molecule has 1 aliphatic heterocycles. The molecule has 108 valence electrons. The fourth-order valence-corrected chi connectivity index (χ4v) is 4.06. The molecule has 0 aromatic rings. The Balaban J connectivity index is 1.90. The smallest absolute Gasteiger partial charge is 0.177 e. The van der Waals surface area contributed by atoms with Gasteiger partial charge in [0.1, 0.15) is 0 Å². The highest BCUT2D eigenvalue weighted by molar-refractivity contribution is 7.92. The molecular formula is C14H28O3S. The molecule has 0 aliphatic carbocycles. The maximum Gasteiger partial charge on any atom is 0.177 e. The first-order valence-electron chi connectivity index (χ1n) is 7.50. The fourth-order valence-electron chi connectivity index (χ4n) is 2.40. The molecule has 0 amide bonds. The molecule has 0 radical (unpaired) electrons. The van der Waals surface area contributed by atoms with Crippen LogP contribution < -0.4 is 0 Å². The predicted octanol–water partition coefficient (Wildman–Crippen LogP) is 3.68. The highest BCUT2D eigenvalue weighted by atomic mass is 32.2. The molecule has 1 saturated heterocycles. The van der Waals surface area contributed by atoms with Gasteiger partial charge in [-0.15, -0.1) is 0 Å². The van der Waals surface area contributed by atoms with Crippen LogP contribution in [0.3, 0.4) is 0 Å². The summed E-state index contributed by atoms with van der Waals surface area (Å²) >= 11 is 0. The van der Waals surface area contributed by atoms with Crippen LogP contribution in [-0.2, 0) is 14.6 Å². The molecule has 3 nitrogen and oxygen atoms in total. The number of hydrogen-bond donors (Lipinski definition) is 0. The van der Waals surface area contributed by atoms with E-state index in [9.17, 15) is 8.42 Å². The van der Waals surface area contributed by atoms with Gasteiger partial charge in [-0.05, 0) is 19.3 Å². The molecule has 1 aliphatic rings. The first-order valence-corrected chi connectivity index (χ1v) is 9.21. The van der Waals surface area contributed by atoms with E-state index in [0.717, 1.165) is 12.8 Å². The van der Waals surface area contributed by atoms with Gasteiger partial charge in [0, 0.05) is 6.61 Å². The molecular weight excluding hydrogens is 248 g/mol. The van der Waals surface area contributed by atoms with Crippen LogP contribution in [0.1, 0.15) is 71.1 Å². The Morgan fingerprint density at radius 1 is 1.00 bits per heavy atom. The molecule has 18 heavy (non-hydrogen) atoms. The Hall–Kier alpha value is -0.0900. The van der Waals surface area contributed by atoms with Gasteiger partial charge in [-0.3, -0.25) is 0 Å². The summed E-state index contributed by atoms with van der Waals surface area (Å²) in [5.74, 6) is 0.315. The highest BCUT2D eigenvalue weighted by Crippen LogP contribution is 2.21. The zero-order valence-corrected chi connectivity index (χ0v) is 12.5. The molecule has 1 atom stereocenters. The minimum Gasteiger partial charge on any atom is -0.362 e. The van der Waals surface area contributed by atoms with E-state index >= 15 is 0 Å². The molecule has 0 N–H and O–H groups in total. The minimum atomic E-state index is -2.92. The number of ether oxygens (including phenoxy) is 1. The highest BCUT2D eigenvalue weighted by Gasteiger charge is 2.31. The van der Waals surface area contributed by atoms with E-state index in [1.807, 2.05) is 0 Å². The second-order valence-electron chi connectivity index (χ2n) is 5.28. The van der Waals surface area contributed by atoms with E-state index in [4.69, 9.17) is 4.74 Å². The third-order valence-corrected chi connectivity index (χ3v) is 5.60. The van der Waals surface area contributed by atoms with Crippen LogP contribution in [0.25, 0.3) is 0 Å². The van der Waals surface area contributed by atoms with E-state index < -0.39 is 15.3 Å². The Labute approximate surface area is 112 Å². The molecule has 0 bridgehead atoms. The number of rotatable bonds is 10. The zero-order chi connectivity index (χ0) is 13.3. The third-order valence-electron chi connectivity index (χ3n) is 3.57. The van der Waals surface area contributed by atoms with Crippen LogP contribution in [0, 0.1) is 0 Å². The molecule has 4 heteroatoms. The molecule has 0 aromatic heterocycles. The fraction of sp³-hybridized carbons (Fsp3) is 1.00. The Morgan fingerprint density at radius 3 is 2.17 bits per heavy atom. The van der Waals surface area contributed by atoms with Gasteiger partial charge in [-0.2, -0.15) is 0 Å². The summed E-state index contributed by atoms with van der Waals surface area (Å²) in [7, 11) is -2.92.